The molecule has 1 aromatic carbocycles. The summed E-state index contributed by atoms with van der Waals surface area (Å²) < 4.78 is 0. The largest absolute Gasteiger partial charge is 0.480 e. The van der Waals surface area contributed by atoms with E-state index in [1.54, 1.807) is 18.1 Å². The maximum atomic E-state index is 10.9. The van der Waals surface area contributed by atoms with E-state index in [-0.39, 0.29) is 6.54 Å². The van der Waals surface area contributed by atoms with Crippen LogP contribution in [0.5, 0.6) is 0 Å². The van der Waals surface area contributed by atoms with E-state index in [9.17, 15) is 4.79 Å². The molecule has 0 bridgehead atoms. The van der Waals surface area contributed by atoms with E-state index < -0.39 is 5.97 Å². The topological polar surface area (TPSA) is 56.7 Å². The van der Waals surface area contributed by atoms with Crippen molar-refractivity contribution in [3.05, 3.63) is 30.5 Å². The summed E-state index contributed by atoms with van der Waals surface area (Å²) in [5, 5.41) is 11.1. The minimum absolute atomic E-state index is 0.0556. The number of aliphatic carboxylic acids is 1. The lowest BCUT2D eigenvalue weighted by atomic mass is 10.1. The Morgan fingerprint density at radius 3 is 2.77 bits per heavy atom. The molecule has 1 aromatic heterocycles. The molecule has 2 aromatic rings. The third kappa shape index (κ3) is 2.98. The number of hydrogen-bond acceptors (Lipinski definition) is 4. The molecule has 0 saturated carbocycles. The van der Waals surface area contributed by atoms with Gasteiger partial charge in [0, 0.05) is 37.4 Å². The molecule has 0 amide bonds. The Kier molecular flexibility index (Phi) is 4.13. The van der Waals surface area contributed by atoms with Crippen LogP contribution < -0.4 is 9.80 Å². The molecule has 2 heterocycles. The summed E-state index contributed by atoms with van der Waals surface area (Å²) in [5.74, 6) is -0.142. The van der Waals surface area contributed by atoms with Crippen molar-refractivity contribution in [2.24, 2.45) is 0 Å². The van der Waals surface area contributed by atoms with E-state index in [1.807, 2.05) is 6.07 Å². The van der Waals surface area contributed by atoms with Gasteiger partial charge in [-0.1, -0.05) is 0 Å². The normalized spacial score (nSPS) is 15.0. The Balaban J connectivity index is 1.94. The Morgan fingerprint density at radius 2 is 2.05 bits per heavy atom. The minimum Gasteiger partial charge on any atom is -0.480 e. The molecule has 1 aliphatic rings. The van der Waals surface area contributed by atoms with Gasteiger partial charge in [-0.15, -0.1) is 0 Å². The molecule has 0 unspecified atom stereocenters. The molecule has 1 fully saturated rings. The number of benzene rings is 1. The number of carboxylic acids is 1. The summed E-state index contributed by atoms with van der Waals surface area (Å²) in [7, 11) is 1.76. The third-order valence-electron chi connectivity index (χ3n) is 4.18. The highest BCUT2D eigenvalue weighted by molar-refractivity contribution is 5.95. The lowest BCUT2D eigenvalue weighted by Crippen LogP contribution is -2.29. The summed E-state index contributed by atoms with van der Waals surface area (Å²) in [6, 6.07) is 8.34. The molecule has 0 spiro atoms. The van der Waals surface area contributed by atoms with Gasteiger partial charge in [0.05, 0.1) is 0 Å². The molecule has 5 nitrogen and oxygen atoms in total. The van der Waals surface area contributed by atoms with E-state index in [2.05, 4.69) is 28.1 Å². The van der Waals surface area contributed by atoms with Crippen LogP contribution in [0.25, 0.3) is 10.8 Å². The van der Waals surface area contributed by atoms with Gasteiger partial charge in [0.15, 0.2) is 0 Å². The number of rotatable bonds is 4. The van der Waals surface area contributed by atoms with Crippen molar-refractivity contribution in [3.8, 4) is 0 Å². The number of aromatic nitrogens is 1. The first-order valence-electron chi connectivity index (χ1n) is 7.72. The molecule has 1 saturated heterocycles. The van der Waals surface area contributed by atoms with E-state index in [4.69, 9.17) is 5.11 Å². The summed E-state index contributed by atoms with van der Waals surface area (Å²) in [4.78, 5) is 19.3. The number of fused-ring (bicyclic) bond motifs is 1. The molecular weight excluding hydrogens is 278 g/mol. The Morgan fingerprint density at radius 1 is 1.27 bits per heavy atom. The van der Waals surface area contributed by atoms with Gasteiger partial charge in [-0.3, -0.25) is 4.79 Å². The van der Waals surface area contributed by atoms with Crippen LogP contribution in [0, 0.1) is 0 Å². The van der Waals surface area contributed by atoms with Gasteiger partial charge in [0.2, 0.25) is 0 Å². The third-order valence-corrected chi connectivity index (χ3v) is 4.18. The SMILES string of the molecule is CN(CC(=O)O)c1nccc2cc(N3CCCCC3)ccc12. The van der Waals surface area contributed by atoms with Crippen LogP contribution in [0.4, 0.5) is 11.5 Å². The zero-order valence-electron chi connectivity index (χ0n) is 12.8. The minimum atomic E-state index is -0.855. The van der Waals surface area contributed by atoms with Crippen molar-refractivity contribution in [3.63, 3.8) is 0 Å². The van der Waals surface area contributed by atoms with Crippen molar-refractivity contribution in [1.82, 2.24) is 4.98 Å². The molecule has 0 aliphatic carbocycles. The summed E-state index contributed by atoms with van der Waals surface area (Å²) in [6.07, 6.45) is 5.57. The molecule has 0 radical (unpaired) electrons. The number of carboxylic acid groups (broad SMARTS) is 1. The smallest absolute Gasteiger partial charge is 0.323 e. The number of hydrogen-bond donors (Lipinski definition) is 1. The molecular formula is C17H21N3O2. The van der Waals surface area contributed by atoms with Gasteiger partial charge in [0.25, 0.3) is 0 Å². The molecule has 116 valence electrons. The number of pyridine rings is 1. The van der Waals surface area contributed by atoms with Crippen LogP contribution in [0.1, 0.15) is 19.3 Å². The Bertz CT molecular complexity index is 681. The lowest BCUT2D eigenvalue weighted by molar-refractivity contribution is -0.135. The first-order valence-corrected chi connectivity index (χ1v) is 7.72. The first kappa shape index (κ1) is 14.6. The van der Waals surface area contributed by atoms with Gasteiger partial charge in [-0.25, -0.2) is 4.98 Å². The molecule has 3 rings (SSSR count). The fraction of sp³-hybridized carbons (Fsp3) is 0.412. The maximum absolute atomic E-state index is 10.9. The highest BCUT2D eigenvalue weighted by Gasteiger charge is 2.14. The van der Waals surface area contributed by atoms with E-state index >= 15 is 0 Å². The van der Waals surface area contributed by atoms with Crippen LogP contribution >= 0.6 is 0 Å². The number of carbonyl (C=O) groups is 1. The predicted octanol–water partition coefficient (Wildman–Crippen LogP) is 2.75. The lowest BCUT2D eigenvalue weighted by Gasteiger charge is -2.29. The van der Waals surface area contributed by atoms with Gasteiger partial charge in [-0.05, 0) is 48.9 Å². The second-order valence-corrected chi connectivity index (χ2v) is 5.84. The highest BCUT2D eigenvalue weighted by atomic mass is 16.4. The number of piperidine rings is 1. The van der Waals surface area contributed by atoms with Crippen molar-refractivity contribution in [2.45, 2.75) is 19.3 Å². The predicted molar refractivity (Wildman–Crippen MR) is 88.7 cm³/mol. The average Bonchev–Trinajstić information content (AvgIpc) is 2.54. The van der Waals surface area contributed by atoms with Gasteiger partial charge in [-0.2, -0.15) is 0 Å². The van der Waals surface area contributed by atoms with Gasteiger partial charge >= 0.3 is 5.97 Å². The number of nitrogens with zero attached hydrogens (tertiary/aromatic N) is 3. The molecule has 5 heteroatoms. The summed E-state index contributed by atoms with van der Waals surface area (Å²) in [5.41, 5.74) is 1.24. The summed E-state index contributed by atoms with van der Waals surface area (Å²) in [6.45, 7) is 2.17. The maximum Gasteiger partial charge on any atom is 0.323 e. The summed E-state index contributed by atoms with van der Waals surface area (Å²) >= 11 is 0. The zero-order valence-corrected chi connectivity index (χ0v) is 12.8. The van der Waals surface area contributed by atoms with Crippen molar-refractivity contribution in [2.75, 3.05) is 36.5 Å². The van der Waals surface area contributed by atoms with E-state index in [0.29, 0.717) is 5.82 Å². The zero-order chi connectivity index (χ0) is 15.5. The van der Waals surface area contributed by atoms with Gasteiger partial charge in [0.1, 0.15) is 12.4 Å². The van der Waals surface area contributed by atoms with Crippen molar-refractivity contribution < 1.29 is 9.90 Å². The van der Waals surface area contributed by atoms with Crippen molar-refractivity contribution in [1.29, 1.82) is 0 Å². The van der Waals surface area contributed by atoms with Crippen LogP contribution in [0.15, 0.2) is 30.5 Å². The van der Waals surface area contributed by atoms with Crippen LogP contribution in [0.2, 0.25) is 0 Å². The van der Waals surface area contributed by atoms with Gasteiger partial charge < -0.3 is 14.9 Å². The number of likely N-dealkylation sites (N-methyl/N-ethyl adjacent to an activating group) is 1. The molecule has 22 heavy (non-hydrogen) atoms. The first-order chi connectivity index (χ1) is 10.6. The monoisotopic (exact) mass is 299 g/mol. The fourth-order valence-electron chi connectivity index (χ4n) is 3.08. The van der Waals surface area contributed by atoms with Crippen molar-refractivity contribution >= 4 is 28.2 Å². The highest BCUT2D eigenvalue weighted by Crippen LogP contribution is 2.29. The van der Waals surface area contributed by atoms with E-state index in [0.717, 1.165) is 23.9 Å². The molecule has 1 N–H and O–H groups in total. The van der Waals surface area contributed by atoms with Crippen LogP contribution in [-0.2, 0) is 4.79 Å². The molecule has 1 aliphatic heterocycles. The quantitative estimate of drug-likeness (QED) is 0.940. The second kappa shape index (κ2) is 6.22. The fourth-order valence-corrected chi connectivity index (χ4v) is 3.08. The molecule has 0 atom stereocenters. The Labute approximate surface area is 130 Å². The Hall–Kier alpha value is -2.30. The standard InChI is InChI=1S/C17H21N3O2/c1-19(12-16(21)22)17-15-6-5-14(11-13(15)7-8-18-17)20-9-3-2-4-10-20/h5-8,11H,2-4,9-10,12H2,1H3,(H,21,22). The number of anilines is 2. The second-order valence-electron chi connectivity index (χ2n) is 5.84. The van der Waals surface area contributed by atoms with Crippen LogP contribution in [0.3, 0.4) is 0 Å². The van der Waals surface area contributed by atoms with Crippen LogP contribution in [-0.4, -0.2) is 42.7 Å². The average molecular weight is 299 g/mol. The van der Waals surface area contributed by atoms with E-state index in [1.165, 1.54) is 24.9 Å².